The molecule has 2 aromatic rings. The van der Waals surface area contributed by atoms with Crippen LogP contribution in [0.15, 0.2) is 18.2 Å². The predicted molar refractivity (Wildman–Crippen MR) is 91.6 cm³/mol. The van der Waals surface area contributed by atoms with Crippen LogP contribution in [0, 0.1) is 20.8 Å². The van der Waals surface area contributed by atoms with Crippen LogP contribution in [0.1, 0.15) is 22.5 Å². The molecule has 22 heavy (non-hydrogen) atoms. The quantitative estimate of drug-likeness (QED) is 0.861. The maximum atomic E-state index is 9.07. The summed E-state index contributed by atoms with van der Waals surface area (Å²) < 4.78 is 1.87. The summed E-state index contributed by atoms with van der Waals surface area (Å²) in [5.41, 5.74) is 6.91. The van der Waals surface area contributed by atoms with Gasteiger partial charge in [-0.25, -0.2) is 0 Å². The molecule has 0 saturated carbocycles. The van der Waals surface area contributed by atoms with E-state index in [0.29, 0.717) is 6.54 Å². The molecule has 0 aliphatic carbocycles. The minimum Gasteiger partial charge on any atom is -0.394 e. The SMILES string of the molecule is Cc1cc(NCc2c(C)nn(CCO)c2C)ccc1N(C)C. The standard InChI is InChI=1S/C17H26N4O/c1-12-10-15(6-7-17(12)20(4)5)18-11-16-13(2)19-21(8-9-22)14(16)3/h6-7,10,18,22H,8-9,11H2,1-5H3. The zero-order valence-electron chi connectivity index (χ0n) is 14.1. The van der Waals surface area contributed by atoms with E-state index in [0.717, 1.165) is 23.6 Å². The number of aliphatic hydroxyl groups is 1. The molecule has 2 rings (SSSR count). The van der Waals surface area contributed by atoms with E-state index >= 15 is 0 Å². The van der Waals surface area contributed by atoms with Gasteiger partial charge in [0, 0.05) is 43.3 Å². The average molecular weight is 302 g/mol. The first-order valence-corrected chi connectivity index (χ1v) is 7.59. The van der Waals surface area contributed by atoms with Gasteiger partial charge < -0.3 is 15.3 Å². The fourth-order valence-corrected chi connectivity index (χ4v) is 2.76. The van der Waals surface area contributed by atoms with Gasteiger partial charge in [0.15, 0.2) is 0 Å². The van der Waals surface area contributed by atoms with E-state index in [1.807, 2.05) is 18.5 Å². The summed E-state index contributed by atoms with van der Waals surface area (Å²) in [6.07, 6.45) is 0. The predicted octanol–water partition coefficient (Wildman–Crippen LogP) is 2.48. The monoisotopic (exact) mass is 302 g/mol. The molecule has 2 N–H and O–H groups in total. The molecular weight excluding hydrogens is 276 g/mol. The van der Waals surface area contributed by atoms with Crippen LogP contribution >= 0.6 is 0 Å². The minimum atomic E-state index is 0.111. The first kappa shape index (κ1) is 16.4. The van der Waals surface area contributed by atoms with Crippen molar-refractivity contribution in [2.24, 2.45) is 0 Å². The summed E-state index contributed by atoms with van der Waals surface area (Å²) in [5.74, 6) is 0. The molecule has 0 fully saturated rings. The van der Waals surface area contributed by atoms with E-state index in [4.69, 9.17) is 5.11 Å². The second kappa shape index (κ2) is 6.83. The Hall–Kier alpha value is -2.01. The number of hydrogen-bond donors (Lipinski definition) is 2. The zero-order chi connectivity index (χ0) is 16.3. The first-order chi connectivity index (χ1) is 10.4. The highest BCUT2D eigenvalue weighted by Gasteiger charge is 2.11. The molecule has 0 spiro atoms. The van der Waals surface area contributed by atoms with Crippen LogP contribution in [0.3, 0.4) is 0 Å². The fourth-order valence-electron chi connectivity index (χ4n) is 2.76. The van der Waals surface area contributed by atoms with Crippen LogP contribution in [0.2, 0.25) is 0 Å². The van der Waals surface area contributed by atoms with Crippen molar-refractivity contribution in [3.63, 3.8) is 0 Å². The van der Waals surface area contributed by atoms with E-state index in [-0.39, 0.29) is 6.61 Å². The van der Waals surface area contributed by atoms with Gasteiger partial charge in [-0.05, 0) is 44.5 Å². The summed E-state index contributed by atoms with van der Waals surface area (Å²) in [4.78, 5) is 2.12. The van der Waals surface area contributed by atoms with Gasteiger partial charge >= 0.3 is 0 Å². The Morgan fingerprint density at radius 1 is 1.23 bits per heavy atom. The Balaban J connectivity index is 2.12. The van der Waals surface area contributed by atoms with Crippen LogP contribution in [-0.4, -0.2) is 35.6 Å². The summed E-state index contributed by atoms with van der Waals surface area (Å²) in [6, 6.07) is 6.40. The van der Waals surface area contributed by atoms with E-state index < -0.39 is 0 Å². The van der Waals surface area contributed by atoms with Crippen molar-refractivity contribution >= 4 is 11.4 Å². The molecule has 1 heterocycles. The zero-order valence-corrected chi connectivity index (χ0v) is 14.1. The topological polar surface area (TPSA) is 53.3 Å². The molecular formula is C17H26N4O. The third kappa shape index (κ3) is 3.42. The molecule has 120 valence electrons. The number of benzene rings is 1. The van der Waals surface area contributed by atoms with Gasteiger partial charge in [-0.3, -0.25) is 4.68 Å². The lowest BCUT2D eigenvalue weighted by molar-refractivity contribution is 0.268. The van der Waals surface area contributed by atoms with Crippen molar-refractivity contribution in [2.75, 3.05) is 30.9 Å². The molecule has 0 unspecified atom stereocenters. The van der Waals surface area contributed by atoms with Crippen LogP contribution in [0.5, 0.6) is 0 Å². The molecule has 0 amide bonds. The minimum absolute atomic E-state index is 0.111. The Kier molecular flexibility index (Phi) is 5.08. The average Bonchev–Trinajstić information content (AvgIpc) is 2.71. The first-order valence-electron chi connectivity index (χ1n) is 7.59. The van der Waals surface area contributed by atoms with Crippen LogP contribution in [-0.2, 0) is 13.1 Å². The summed E-state index contributed by atoms with van der Waals surface area (Å²) >= 11 is 0. The number of aryl methyl sites for hydroxylation is 2. The van der Waals surface area contributed by atoms with E-state index in [1.165, 1.54) is 16.8 Å². The van der Waals surface area contributed by atoms with Crippen molar-refractivity contribution in [2.45, 2.75) is 33.9 Å². The molecule has 5 heteroatoms. The van der Waals surface area contributed by atoms with Crippen LogP contribution in [0.25, 0.3) is 0 Å². The van der Waals surface area contributed by atoms with Crippen molar-refractivity contribution < 1.29 is 5.11 Å². The van der Waals surface area contributed by atoms with Gasteiger partial charge in [-0.15, -0.1) is 0 Å². The number of anilines is 2. The number of nitrogens with zero attached hydrogens (tertiary/aromatic N) is 3. The summed E-state index contributed by atoms with van der Waals surface area (Å²) in [5, 5.41) is 17.0. The highest BCUT2D eigenvalue weighted by molar-refractivity contribution is 5.60. The molecule has 0 saturated heterocycles. The molecule has 0 aliphatic rings. The molecule has 1 aromatic carbocycles. The fraction of sp³-hybridized carbons (Fsp3) is 0.471. The normalized spacial score (nSPS) is 10.8. The lowest BCUT2D eigenvalue weighted by atomic mass is 10.1. The maximum absolute atomic E-state index is 9.07. The third-order valence-corrected chi connectivity index (χ3v) is 3.99. The highest BCUT2D eigenvalue weighted by atomic mass is 16.3. The molecule has 0 bridgehead atoms. The Morgan fingerprint density at radius 3 is 2.55 bits per heavy atom. The smallest absolute Gasteiger partial charge is 0.0646 e. The van der Waals surface area contributed by atoms with Crippen LogP contribution in [0.4, 0.5) is 11.4 Å². The molecule has 5 nitrogen and oxygen atoms in total. The Morgan fingerprint density at radius 2 is 1.95 bits per heavy atom. The Bertz CT molecular complexity index is 646. The van der Waals surface area contributed by atoms with E-state index in [9.17, 15) is 0 Å². The highest BCUT2D eigenvalue weighted by Crippen LogP contribution is 2.23. The van der Waals surface area contributed by atoms with Gasteiger partial charge in [0.25, 0.3) is 0 Å². The van der Waals surface area contributed by atoms with Gasteiger partial charge in [0.05, 0.1) is 18.8 Å². The molecule has 0 radical (unpaired) electrons. The van der Waals surface area contributed by atoms with Gasteiger partial charge in [-0.2, -0.15) is 5.10 Å². The van der Waals surface area contributed by atoms with E-state index in [1.54, 1.807) is 0 Å². The molecule has 1 aromatic heterocycles. The van der Waals surface area contributed by atoms with Gasteiger partial charge in [-0.1, -0.05) is 0 Å². The Labute approximate surface area is 132 Å². The number of aromatic nitrogens is 2. The number of nitrogens with one attached hydrogen (secondary N) is 1. The van der Waals surface area contributed by atoms with Crippen LogP contribution < -0.4 is 10.2 Å². The number of hydrogen-bond acceptors (Lipinski definition) is 4. The van der Waals surface area contributed by atoms with Crippen molar-refractivity contribution in [1.29, 1.82) is 0 Å². The summed E-state index contributed by atoms with van der Waals surface area (Å²) in [6.45, 7) is 7.58. The van der Waals surface area contributed by atoms with Gasteiger partial charge in [0.2, 0.25) is 0 Å². The van der Waals surface area contributed by atoms with Crippen molar-refractivity contribution in [3.05, 3.63) is 40.7 Å². The second-order valence-electron chi connectivity index (χ2n) is 5.85. The third-order valence-electron chi connectivity index (χ3n) is 3.99. The second-order valence-corrected chi connectivity index (χ2v) is 5.85. The largest absolute Gasteiger partial charge is 0.394 e. The molecule has 0 atom stereocenters. The maximum Gasteiger partial charge on any atom is 0.0646 e. The van der Waals surface area contributed by atoms with Gasteiger partial charge in [0.1, 0.15) is 0 Å². The lowest BCUT2D eigenvalue weighted by Gasteiger charge is -2.17. The molecule has 0 aliphatic heterocycles. The van der Waals surface area contributed by atoms with E-state index in [2.05, 4.69) is 54.5 Å². The van der Waals surface area contributed by atoms with Crippen molar-refractivity contribution in [1.82, 2.24) is 9.78 Å². The number of aliphatic hydroxyl groups excluding tert-OH is 1. The summed E-state index contributed by atoms with van der Waals surface area (Å²) in [7, 11) is 4.11. The lowest BCUT2D eigenvalue weighted by Crippen LogP contribution is -2.10. The van der Waals surface area contributed by atoms with Crippen molar-refractivity contribution in [3.8, 4) is 0 Å². The number of rotatable bonds is 6.